The van der Waals surface area contributed by atoms with Crippen molar-refractivity contribution in [1.29, 1.82) is 0 Å². The van der Waals surface area contributed by atoms with E-state index in [1.54, 1.807) is 0 Å². The number of nitrogens with zero attached hydrogens (tertiary/aromatic N) is 1. The predicted molar refractivity (Wildman–Crippen MR) is 68.5 cm³/mol. The molecule has 0 fully saturated rings. The van der Waals surface area contributed by atoms with Gasteiger partial charge in [-0.05, 0) is 18.2 Å². The van der Waals surface area contributed by atoms with E-state index in [9.17, 15) is 14.0 Å². The van der Waals surface area contributed by atoms with Gasteiger partial charge in [0.2, 0.25) is 5.91 Å². The molecule has 19 heavy (non-hydrogen) atoms. The normalized spacial score (nSPS) is 9.42. The molecule has 0 aliphatic carbocycles. The van der Waals surface area contributed by atoms with Crippen molar-refractivity contribution in [3.8, 4) is 11.8 Å². The molecule has 1 aromatic rings. The van der Waals surface area contributed by atoms with Crippen LogP contribution in [0.3, 0.4) is 0 Å². The molecule has 2 amide bonds. The van der Waals surface area contributed by atoms with Crippen molar-refractivity contribution in [1.82, 2.24) is 4.90 Å². The molecule has 5 nitrogen and oxygen atoms in total. The molecule has 0 heterocycles. The second-order valence-electron chi connectivity index (χ2n) is 3.83. The van der Waals surface area contributed by atoms with E-state index in [1.165, 1.54) is 19.2 Å². The fourth-order valence-corrected chi connectivity index (χ4v) is 1.43. The molecule has 0 aliphatic heterocycles. The van der Waals surface area contributed by atoms with Gasteiger partial charge in [-0.25, -0.2) is 4.39 Å². The summed E-state index contributed by atoms with van der Waals surface area (Å²) in [7, 11) is 1.37. The van der Waals surface area contributed by atoms with E-state index < -0.39 is 17.6 Å². The van der Waals surface area contributed by atoms with E-state index in [0.29, 0.717) is 5.56 Å². The van der Waals surface area contributed by atoms with Crippen LogP contribution in [0.2, 0.25) is 0 Å². The van der Waals surface area contributed by atoms with E-state index >= 15 is 0 Å². The highest BCUT2D eigenvalue weighted by Crippen LogP contribution is 2.12. The van der Waals surface area contributed by atoms with Gasteiger partial charge in [0.1, 0.15) is 5.82 Å². The first-order chi connectivity index (χ1) is 8.95. The molecule has 0 atom stereocenters. The van der Waals surface area contributed by atoms with Gasteiger partial charge in [-0.3, -0.25) is 9.59 Å². The topological polar surface area (TPSA) is 89.4 Å². The quantitative estimate of drug-likeness (QED) is 0.733. The number of amides is 2. The molecule has 0 spiro atoms. The summed E-state index contributed by atoms with van der Waals surface area (Å²) < 4.78 is 13.8. The van der Waals surface area contributed by atoms with Gasteiger partial charge in [-0.1, -0.05) is 11.8 Å². The second-order valence-corrected chi connectivity index (χ2v) is 3.83. The van der Waals surface area contributed by atoms with Gasteiger partial charge < -0.3 is 16.4 Å². The van der Waals surface area contributed by atoms with Gasteiger partial charge in [0.15, 0.2) is 0 Å². The lowest BCUT2D eigenvalue weighted by Crippen LogP contribution is -2.35. The van der Waals surface area contributed by atoms with Crippen LogP contribution in [0.4, 0.5) is 4.39 Å². The van der Waals surface area contributed by atoms with Crippen LogP contribution in [0.1, 0.15) is 15.9 Å². The maximum absolute atomic E-state index is 13.8. The third-order valence-corrected chi connectivity index (χ3v) is 2.27. The van der Waals surface area contributed by atoms with Crippen molar-refractivity contribution in [2.45, 2.75) is 0 Å². The molecule has 0 radical (unpaired) electrons. The smallest absolute Gasteiger partial charge is 0.257 e. The number of nitrogens with two attached hydrogens (primary N) is 2. The Morgan fingerprint density at radius 1 is 1.42 bits per heavy atom. The Balaban J connectivity index is 2.96. The van der Waals surface area contributed by atoms with Crippen LogP contribution < -0.4 is 11.5 Å². The molecule has 0 aromatic heterocycles. The van der Waals surface area contributed by atoms with Gasteiger partial charge in [0, 0.05) is 12.6 Å². The van der Waals surface area contributed by atoms with Gasteiger partial charge in [0.05, 0.1) is 18.7 Å². The number of hydrogen-bond acceptors (Lipinski definition) is 3. The maximum atomic E-state index is 13.8. The van der Waals surface area contributed by atoms with Crippen molar-refractivity contribution in [2.24, 2.45) is 11.5 Å². The minimum atomic E-state index is -0.704. The van der Waals surface area contributed by atoms with Gasteiger partial charge in [0.25, 0.3) is 5.91 Å². The fraction of sp³-hybridized carbons (Fsp3) is 0.231. The Morgan fingerprint density at radius 2 is 2.11 bits per heavy atom. The Hall–Kier alpha value is -2.39. The lowest BCUT2D eigenvalue weighted by molar-refractivity contribution is -0.118. The van der Waals surface area contributed by atoms with Crippen LogP contribution in [0.15, 0.2) is 18.2 Å². The van der Waals surface area contributed by atoms with Crippen molar-refractivity contribution in [3.05, 3.63) is 35.1 Å². The van der Waals surface area contributed by atoms with Crippen LogP contribution >= 0.6 is 0 Å². The Kier molecular flexibility index (Phi) is 5.03. The summed E-state index contributed by atoms with van der Waals surface area (Å²) >= 11 is 0. The van der Waals surface area contributed by atoms with E-state index in [1.807, 2.05) is 0 Å². The summed E-state index contributed by atoms with van der Waals surface area (Å²) in [5.74, 6) is 3.26. The average Bonchev–Trinajstić information content (AvgIpc) is 2.34. The summed E-state index contributed by atoms with van der Waals surface area (Å²) in [6, 6.07) is 3.97. The second kappa shape index (κ2) is 6.52. The van der Waals surface area contributed by atoms with Gasteiger partial charge in [-0.2, -0.15) is 0 Å². The first-order valence-electron chi connectivity index (χ1n) is 5.48. The van der Waals surface area contributed by atoms with Crippen LogP contribution in [-0.4, -0.2) is 36.9 Å². The maximum Gasteiger partial charge on any atom is 0.257 e. The summed E-state index contributed by atoms with van der Waals surface area (Å²) in [5, 5.41) is 0. The molecule has 0 saturated heterocycles. The number of rotatable bonds is 3. The van der Waals surface area contributed by atoms with E-state index in [0.717, 1.165) is 11.0 Å². The Labute approximate surface area is 110 Å². The molecule has 6 heteroatoms. The number of hydrogen-bond donors (Lipinski definition) is 2. The Bertz CT molecular complexity index is 561. The molecule has 0 saturated carbocycles. The largest absolute Gasteiger partial charge is 0.368 e. The zero-order chi connectivity index (χ0) is 14.4. The third kappa shape index (κ3) is 4.08. The third-order valence-electron chi connectivity index (χ3n) is 2.27. The summed E-state index contributed by atoms with van der Waals surface area (Å²) in [6.45, 7) is -0.101. The highest BCUT2D eigenvalue weighted by molar-refractivity contribution is 5.96. The average molecular weight is 263 g/mol. The van der Waals surface area contributed by atoms with Crippen LogP contribution in [0.5, 0.6) is 0 Å². The summed E-state index contributed by atoms with van der Waals surface area (Å²) in [6.07, 6.45) is 0. The number of likely N-dealkylation sites (N-methyl/N-ethyl adjacent to an activating group) is 1. The Morgan fingerprint density at radius 3 is 2.63 bits per heavy atom. The monoisotopic (exact) mass is 263 g/mol. The van der Waals surface area contributed by atoms with E-state index in [4.69, 9.17) is 11.5 Å². The molecular formula is C13H14FN3O2. The van der Waals surface area contributed by atoms with Gasteiger partial charge in [-0.15, -0.1) is 0 Å². The van der Waals surface area contributed by atoms with Crippen molar-refractivity contribution < 1.29 is 14.0 Å². The fourth-order valence-electron chi connectivity index (χ4n) is 1.43. The van der Waals surface area contributed by atoms with Crippen molar-refractivity contribution in [3.63, 3.8) is 0 Å². The standard InChI is InChI=1S/C13H14FN3O2/c1-17(8-12(16)18)13(19)10-5-4-9(3-2-6-15)7-11(10)14/h4-5,7H,6,8,15H2,1H3,(H2,16,18). The minimum Gasteiger partial charge on any atom is -0.368 e. The van der Waals surface area contributed by atoms with E-state index in [2.05, 4.69) is 11.8 Å². The molecule has 1 rings (SSSR count). The molecule has 0 bridgehead atoms. The molecule has 4 N–H and O–H groups in total. The number of carbonyl (C=O) groups is 2. The highest BCUT2D eigenvalue weighted by Gasteiger charge is 2.17. The highest BCUT2D eigenvalue weighted by atomic mass is 19.1. The first-order valence-corrected chi connectivity index (χ1v) is 5.48. The lowest BCUT2D eigenvalue weighted by atomic mass is 10.1. The number of carbonyl (C=O) groups excluding carboxylic acids is 2. The van der Waals surface area contributed by atoms with Gasteiger partial charge >= 0.3 is 0 Å². The number of primary amides is 1. The molecule has 0 aliphatic rings. The SMILES string of the molecule is CN(CC(N)=O)C(=O)c1ccc(C#CCN)cc1F. The summed E-state index contributed by atoms with van der Waals surface area (Å²) in [5.41, 5.74) is 10.5. The number of halogens is 1. The zero-order valence-corrected chi connectivity index (χ0v) is 10.4. The molecule has 0 unspecified atom stereocenters. The van der Waals surface area contributed by atoms with Crippen LogP contribution in [-0.2, 0) is 4.79 Å². The van der Waals surface area contributed by atoms with Crippen molar-refractivity contribution in [2.75, 3.05) is 20.1 Å². The summed E-state index contributed by atoms with van der Waals surface area (Å²) in [4.78, 5) is 23.6. The predicted octanol–water partition coefficient (Wildman–Crippen LogP) is -0.307. The minimum absolute atomic E-state index is 0.137. The lowest BCUT2D eigenvalue weighted by Gasteiger charge is -2.15. The van der Waals surface area contributed by atoms with Crippen molar-refractivity contribution >= 4 is 11.8 Å². The zero-order valence-electron chi connectivity index (χ0n) is 10.4. The first kappa shape index (κ1) is 14.7. The molecular weight excluding hydrogens is 249 g/mol. The molecule has 100 valence electrons. The van der Waals surface area contributed by atoms with Crippen LogP contribution in [0, 0.1) is 17.7 Å². The van der Waals surface area contributed by atoms with E-state index in [-0.39, 0.29) is 18.7 Å². The van der Waals surface area contributed by atoms with Crippen LogP contribution in [0.25, 0.3) is 0 Å². The number of benzene rings is 1. The molecule has 1 aromatic carbocycles.